The second kappa shape index (κ2) is 4.70. The number of hydrogen-bond donors (Lipinski definition) is 0. The molecule has 16 heavy (non-hydrogen) atoms. The van der Waals surface area contributed by atoms with Crippen molar-refractivity contribution in [3.8, 4) is 0 Å². The van der Waals surface area contributed by atoms with Gasteiger partial charge < -0.3 is 4.90 Å². The number of nitrogens with zero attached hydrogens (tertiary/aromatic N) is 2. The van der Waals surface area contributed by atoms with Crippen molar-refractivity contribution in [2.24, 2.45) is 0 Å². The Morgan fingerprint density at radius 3 is 2.88 bits per heavy atom. The van der Waals surface area contributed by atoms with Crippen molar-refractivity contribution in [3.63, 3.8) is 0 Å². The average molecular weight is 255 g/mol. The molecule has 4 heteroatoms. The van der Waals surface area contributed by atoms with Gasteiger partial charge in [-0.05, 0) is 32.3 Å². The number of thiazole rings is 1. The first kappa shape index (κ1) is 11.8. The summed E-state index contributed by atoms with van der Waals surface area (Å²) in [5.74, 6) is 0.464. The van der Waals surface area contributed by atoms with Crippen LogP contribution in [0.4, 0.5) is 0 Å². The lowest BCUT2D eigenvalue weighted by molar-refractivity contribution is 0.383. The molecule has 0 spiro atoms. The molecule has 0 saturated heterocycles. The van der Waals surface area contributed by atoms with Gasteiger partial charge in [0, 0.05) is 17.5 Å². The molecule has 0 fully saturated rings. The van der Waals surface area contributed by atoms with Gasteiger partial charge in [-0.15, -0.1) is 11.3 Å². The first-order chi connectivity index (χ1) is 7.56. The molecule has 0 aliphatic carbocycles. The predicted octanol–water partition coefficient (Wildman–Crippen LogP) is 3.61. The molecule has 1 aromatic heterocycles. The number of halogens is 1. The largest absolute Gasteiger partial charge is 0.309 e. The molecule has 2 rings (SSSR count). The zero-order valence-electron chi connectivity index (χ0n) is 9.70. The van der Waals surface area contributed by atoms with E-state index in [0.29, 0.717) is 5.92 Å². The zero-order chi connectivity index (χ0) is 11.7. The summed E-state index contributed by atoms with van der Waals surface area (Å²) in [6, 6.07) is 5.89. The van der Waals surface area contributed by atoms with E-state index in [1.807, 2.05) is 18.2 Å². The van der Waals surface area contributed by atoms with Crippen LogP contribution in [0.1, 0.15) is 17.8 Å². The minimum atomic E-state index is 0.464. The number of aromatic nitrogens is 1. The number of fused-ring (bicyclic) bond motifs is 1. The third-order valence-corrected chi connectivity index (χ3v) is 3.93. The lowest BCUT2D eigenvalue weighted by Gasteiger charge is -2.13. The van der Waals surface area contributed by atoms with E-state index < -0.39 is 0 Å². The maximum absolute atomic E-state index is 5.95. The molecular formula is C12H15ClN2S. The van der Waals surface area contributed by atoms with Crippen molar-refractivity contribution in [2.45, 2.75) is 12.8 Å². The molecule has 0 radical (unpaired) electrons. The Morgan fingerprint density at radius 2 is 2.19 bits per heavy atom. The van der Waals surface area contributed by atoms with Crippen LogP contribution in [0.15, 0.2) is 18.2 Å². The molecule has 0 aliphatic rings. The standard InChI is InChI=1S/C12H15ClN2S/c1-8(7-15(2)3)12-14-10-6-9(13)4-5-11(10)16-12/h4-6,8H,7H2,1-3H3. The quantitative estimate of drug-likeness (QED) is 0.832. The Morgan fingerprint density at radius 1 is 1.44 bits per heavy atom. The van der Waals surface area contributed by atoms with Gasteiger partial charge in [0.1, 0.15) is 0 Å². The van der Waals surface area contributed by atoms with Gasteiger partial charge >= 0.3 is 0 Å². The Labute approximate surface area is 105 Å². The molecule has 1 heterocycles. The number of benzene rings is 1. The van der Waals surface area contributed by atoms with Crippen LogP contribution in [0.3, 0.4) is 0 Å². The monoisotopic (exact) mass is 254 g/mol. The summed E-state index contributed by atoms with van der Waals surface area (Å²) in [6.07, 6.45) is 0. The molecule has 1 aromatic carbocycles. The molecule has 2 aromatic rings. The number of likely N-dealkylation sites (N-methyl/N-ethyl adjacent to an activating group) is 1. The van der Waals surface area contributed by atoms with Gasteiger partial charge in [-0.3, -0.25) is 0 Å². The van der Waals surface area contributed by atoms with Crippen LogP contribution in [0.25, 0.3) is 10.2 Å². The summed E-state index contributed by atoms with van der Waals surface area (Å²) in [4.78, 5) is 6.82. The molecule has 0 bridgehead atoms. The Hall–Kier alpha value is -0.640. The predicted molar refractivity (Wildman–Crippen MR) is 71.6 cm³/mol. The van der Waals surface area contributed by atoms with Gasteiger partial charge in [0.15, 0.2) is 0 Å². The van der Waals surface area contributed by atoms with E-state index in [-0.39, 0.29) is 0 Å². The average Bonchev–Trinajstić information content (AvgIpc) is 2.59. The molecular weight excluding hydrogens is 240 g/mol. The van der Waals surface area contributed by atoms with Crippen LogP contribution in [-0.4, -0.2) is 30.5 Å². The first-order valence-electron chi connectivity index (χ1n) is 5.27. The van der Waals surface area contributed by atoms with Crippen LogP contribution in [0.2, 0.25) is 5.02 Å². The van der Waals surface area contributed by atoms with Gasteiger partial charge in [-0.1, -0.05) is 18.5 Å². The second-order valence-corrected chi connectivity index (χ2v) is 5.83. The van der Waals surface area contributed by atoms with Crippen molar-refractivity contribution >= 4 is 33.2 Å². The maximum Gasteiger partial charge on any atom is 0.0979 e. The topological polar surface area (TPSA) is 16.1 Å². The first-order valence-corrected chi connectivity index (χ1v) is 6.46. The van der Waals surface area contributed by atoms with Crippen LogP contribution < -0.4 is 0 Å². The van der Waals surface area contributed by atoms with Gasteiger partial charge in [-0.2, -0.15) is 0 Å². The molecule has 1 atom stereocenters. The van der Waals surface area contributed by atoms with Crippen molar-refractivity contribution in [1.82, 2.24) is 9.88 Å². The summed E-state index contributed by atoms with van der Waals surface area (Å²) >= 11 is 7.71. The smallest absolute Gasteiger partial charge is 0.0979 e. The van der Waals surface area contributed by atoms with E-state index in [9.17, 15) is 0 Å². The van der Waals surface area contributed by atoms with Crippen molar-refractivity contribution < 1.29 is 0 Å². The third-order valence-electron chi connectivity index (χ3n) is 2.43. The van der Waals surface area contributed by atoms with Crippen molar-refractivity contribution in [1.29, 1.82) is 0 Å². The van der Waals surface area contributed by atoms with Crippen LogP contribution in [0, 0.1) is 0 Å². The van der Waals surface area contributed by atoms with E-state index >= 15 is 0 Å². The molecule has 0 amide bonds. The minimum absolute atomic E-state index is 0.464. The normalized spacial score (nSPS) is 13.6. The zero-order valence-corrected chi connectivity index (χ0v) is 11.3. The summed E-state index contributed by atoms with van der Waals surface area (Å²) in [7, 11) is 4.17. The van der Waals surface area contributed by atoms with E-state index in [1.165, 1.54) is 9.71 Å². The summed E-state index contributed by atoms with van der Waals surface area (Å²) in [5, 5.41) is 1.94. The third kappa shape index (κ3) is 2.54. The molecule has 0 N–H and O–H groups in total. The van der Waals surface area contributed by atoms with Gasteiger partial charge in [0.25, 0.3) is 0 Å². The van der Waals surface area contributed by atoms with Crippen molar-refractivity contribution in [2.75, 3.05) is 20.6 Å². The molecule has 0 aliphatic heterocycles. The lowest BCUT2D eigenvalue weighted by Crippen LogP contribution is -2.18. The van der Waals surface area contributed by atoms with Gasteiger partial charge in [-0.25, -0.2) is 4.98 Å². The maximum atomic E-state index is 5.95. The van der Waals surface area contributed by atoms with E-state index in [0.717, 1.165) is 17.1 Å². The Balaban J connectivity index is 2.32. The number of hydrogen-bond acceptors (Lipinski definition) is 3. The molecule has 0 saturated carbocycles. The SMILES string of the molecule is CC(CN(C)C)c1nc2cc(Cl)ccc2s1. The summed E-state index contributed by atoms with van der Waals surface area (Å²) in [5.41, 5.74) is 1.01. The fourth-order valence-electron chi connectivity index (χ4n) is 1.76. The van der Waals surface area contributed by atoms with E-state index in [2.05, 4.69) is 30.9 Å². The van der Waals surface area contributed by atoms with Crippen molar-refractivity contribution in [3.05, 3.63) is 28.2 Å². The van der Waals surface area contributed by atoms with E-state index in [1.54, 1.807) is 11.3 Å². The molecule has 1 unspecified atom stereocenters. The Kier molecular flexibility index (Phi) is 3.47. The van der Waals surface area contributed by atoms with Crippen LogP contribution in [-0.2, 0) is 0 Å². The highest BCUT2D eigenvalue weighted by Crippen LogP contribution is 2.29. The van der Waals surface area contributed by atoms with E-state index in [4.69, 9.17) is 11.6 Å². The molecule has 2 nitrogen and oxygen atoms in total. The minimum Gasteiger partial charge on any atom is -0.309 e. The summed E-state index contributed by atoms with van der Waals surface area (Å²) in [6.45, 7) is 3.23. The summed E-state index contributed by atoms with van der Waals surface area (Å²) < 4.78 is 1.21. The number of rotatable bonds is 3. The molecule has 86 valence electrons. The van der Waals surface area contributed by atoms with Crippen LogP contribution in [0.5, 0.6) is 0 Å². The highest BCUT2D eigenvalue weighted by molar-refractivity contribution is 7.18. The van der Waals surface area contributed by atoms with Crippen LogP contribution >= 0.6 is 22.9 Å². The highest BCUT2D eigenvalue weighted by atomic mass is 35.5. The fourth-order valence-corrected chi connectivity index (χ4v) is 2.91. The Bertz CT molecular complexity index is 493. The fraction of sp³-hybridized carbons (Fsp3) is 0.417. The lowest BCUT2D eigenvalue weighted by atomic mass is 10.2. The van der Waals surface area contributed by atoms with Gasteiger partial charge in [0.05, 0.1) is 15.2 Å². The second-order valence-electron chi connectivity index (χ2n) is 4.33. The highest BCUT2D eigenvalue weighted by Gasteiger charge is 2.12. The van der Waals surface area contributed by atoms with Gasteiger partial charge in [0.2, 0.25) is 0 Å².